The molecule has 0 aliphatic rings. The maximum Gasteiger partial charge on any atom is -0.0184 e. The average Bonchev–Trinajstić information content (AvgIpc) is 2.05. The highest BCUT2D eigenvalue weighted by Gasteiger charge is 1.85. The highest BCUT2D eigenvalue weighted by atomic mass is 14.0. The van der Waals surface area contributed by atoms with E-state index in [4.69, 9.17) is 0 Å². The van der Waals surface area contributed by atoms with E-state index in [9.17, 15) is 0 Å². The quantitative estimate of drug-likeness (QED) is 0.511. The van der Waals surface area contributed by atoms with Crippen molar-refractivity contribution in [1.82, 2.24) is 24.6 Å². The van der Waals surface area contributed by atoms with Crippen molar-refractivity contribution >= 4 is 10.8 Å². The average molecular weight is 196 g/mol. The van der Waals surface area contributed by atoms with E-state index in [2.05, 4.69) is 48.5 Å². The van der Waals surface area contributed by atoms with Crippen molar-refractivity contribution in [3.05, 3.63) is 48.5 Å². The zero-order valence-electron chi connectivity index (χ0n) is 8.45. The lowest BCUT2D eigenvalue weighted by Gasteiger charge is -1.92. The molecule has 0 aromatic heterocycles. The van der Waals surface area contributed by atoms with E-state index in [0.29, 0.717) is 0 Å². The summed E-state index contributed by atoms with van der Waals surface area (Å²) in [5.74, 6) is 0. The van der Waals surface area contributed by atoms with Crippen molar-refractivity contribution in [2.75, 3.05) is 0 Å². The van der Waals surface area contributed by atoms with Gasteiger partial charge >= 0.3 is 0 Å². The molecule has 0 aliphatic heterocycles. The number of rotatable bonds is 0. The molecule has 2 aromatic carbocycles. The molecule has 12 N–H and O–H groups in total. The van der Waals surface area contributed by atoms with E-state index >= 15 is 0 Å². The van der Waals surface area contributed by atoms with Crippen LogP contribution in [0.15, 0.2) is 48.5 Å². The lowest BCUT2D eigenvalue weighted by atomic mass is 10.1. The van der Waals surface area contributed by atoms with Crippen LogP contribution in [0, 0.1) is 0 Å². The molecule has 0 heterocycles. The molecule has 0 radical (unpaired) electrons. The van der Waals surface area contributed by atoms with Gasteiger partial charge in [0.05, 0.1) is 0 Å². The summed E-state index contributed by atoms with van der Waals surface area (Å²) in [7, 11) is 0. The Kier molecular flexibility index (Phi) is 10.7. The fourth-order valence-corrected chi connectivity index (χ4v) is 1.13. The topological polar surface area (TPSA) is 140 Å². The molecule has 2 rings (SSSR count). The van der Waals surface area contributed by atoms with Crippen molar-refractivity contribution in [3.8, 4) is 0 Å². The first kappa shape index (κ1) is 18.3. The maximum atomic E-state index is 2.12. The van der Waals surface area contributed by atoms with Gasteiger partial charge in [-0.2, -0.15) is 0 Å². The maximum absolute atomic E-state index is 2.12. The van der Waals surface area contributed by atoms with E-state index in [1.54, 1.807) is 0 Å². The lowest BCUT2D eigenvalue weighted by Crippen LogP contribution is -1.67. The predicted octanol–water partition coefficient (Wildman–Crippen LogP) is 3.49. The van der Waals surface area contributed by atoms with Crippen LogP contribution in [0.4, 0.5) is 0 Å². The third-order valence-corrected chi connectivity index (χ3v) is 1.66. The molecule has 0 fully saturated rings. The Bertz CT molecular complexity index is 283. The number of benzene rings is 2. The molecule has 0 unspecified atom stereocenters. The van der Waals surface area contributed by atoms with Gasteiger partial charge in [-0.25, -0.2) is 0 Å². The van der Waals surface area contributed by atoms with Gasteiger partial charge in [-0.1, -0.05) is 48.5 Å². The van der Waals surface area contributed by atoms with Crippen molar-refractivity contribution in [1.29, 1.82) is 0 Å². The Labute approximate surface area is 84.7 Å². The summed E-state index contributed by atoms with van der Waals surface area (Å²) in [5.41, 5.74) is 0. The highest BCUT2D eigenvalue weighted by molar-refractivity contribution is 5.81. The van der Waals surface area contributed by atoms with Gasteiger partial charge in [-0.15, -0.1) is 0 Å². The largest absolute Gasteiger partial charge is 0.344 e. The van der Waals surface area contributed by atoms with Crippen LogP contribution in [-0.2, 0) is 0 Å². The molecule has 14 heavy (non-hydrogen) atoms. The Hall–Kier alpha value is -1.46. The van der Waals surface area contributed by atoms with Crippen LogP contribution in [0.25, 0.3) is 10.8 Å². The van der Waals surface area contributed by atoms with Gasteiger partial charge in [-0.3, -0.25) is 0 Å². The summed E-state index contributed by atoms with van der Waals surface area (Å²) < 4.78 is 0. The zero-order valence-corrected chi connectivity index (χ0v) is 8.45. The molecule has 0 bridgehead atoms. The fourth-order valence-electron chi connectivity index (χ4n) is 1.13. The third-order valence-electron chi connectivity index (χ3n) is 1.66. The van der Waals surface area contributed by atoms with Gasteiger partial charge in [0.2, 0.25) is 0 Å². The SMILES string of the molecule is N.N.N.N.c1ccc2ccccc2c1. The molecule has 80 valence electrons. The molecule has 0 saturated heterocycles. The first-order chi connectivity index (χ1) is 4.97. The van der Waals surface area contributed by atoms with Crippen molar-refractivity contribution in [3.63, 3.8) is 0 Å². The Balaban J connectivity index is -0.000000302. The van der Waals surface area contributed by atoms with Gasteiger partial charge in [0.1, 0.15) is 0 Å². The second-order valence-electron chi connectivity index (χ2n) is 2.35. The summed E-state index contributed by atoms with van der Waals surface area (Å²) >= 11 is 0. The minimum atomic E-state index is 0. The minimum Gasteiger partial charge on any atom is -0.344 e. The van der Waals surface area contributed by atoms with Gasteiger partial charge in [-0.05, 0) is 10.8 Å². The molecule has 0 amide bonds. The predicted molar refractivity (Wildman–Crippen MR) is 64.0 cm³/mol. The Morgan fingerprint density at radius 3 is 0.857 bits per heavy atom. The van der Waals surface area contributed by atoms with Crippen LogP contribution in [0.2, 0.25) is 0 Å². The first-order valence-corrected chi connectivity index (χ1v) is 3.40. The molecule has 2 aromatic rings. The number of fused-ring (bicyclic) bond motifs is 1. The van der Waals surface area contributed by atoms with Crippen LogP contribution in [-0.4, -0.2) is 0 Å². The van der Waals surface area contributed by atoms with Crippen LogP contribution in [0.1, 0.15) is 0 Å². The molecule has 0 aliphatic carbocycles. The Morgan fingerprint density at radius 2 is 0.643 bits per heavy atom. The minimum absolute atomic E-state index is 0. The standard InChI is InChI=1S/C10H8.4H3N/c1-2-6-10-8-4-3-7-9(10)5-1;;;;/h1-8H;4*1H3. The summed E-state index contributed by atoms with van der Waals surface area (Å²) in [5, 5.41) is 2.62. The number of hydrogen-bond donors (Lipinski definition) is 4. The van der Waals surface area contributed by atoms with E-state index < -0.39 is 0 Å². The summed E-state index contributed by atoms with van der Waals surface area (Å²) in [6.07, 6.45) is 0. The van der Waals surface area contributed by atoms with E-state index in [1.165, 1.54) is 10.8 Å². The Morgan fingerprint density at radius 1 is 0.429 bits per heavy atom. The van der Waals surface area contributed by atoms with E-state index in [1.807, 2.05) is 0 Å². The van der Waals surface area contributed by atoms with Crippen molar-refractivity contribution in [2.45, 2.75) is 0 Å². The van der Waals surface area contributed by atoms with Crippen molar-refractivity contribution < 1.29 is 0 Å². The summed E-state index contributed by atoms with van der Waals surface area (Å²) in [4.78, 5) is 0. The monoisotopic (exact) mass is 196 g/mol. The zero-order chi connectivity index (χ0) is 6.81. The molecule has 0 spiro atoms. The normalized spacial score (nSPS) is 7.14. The third kappa shape index (κ3) is 3.51. The molecule has 0 atom stereocenters. The summed E-state index contributed by atoms with van der Waals surface area (Å²) in [6.45, 7) is 0. The number of hydrogen-bond acceptors (Lipinski definition) is 4. The van der Waals surface area contributed by atoms with Crippen LogP contribution < -0.4 is 24.6 Å². The van der Waals surface area contributed by atoms with E-state index in [-0.39, 0.29) is 24.6 Å². The molecule has 4 heteroatoms. The molecular weight excluding hydrogens is 176 g/mol. The van der Waals surface area contributed by atoms with Crippen LogP contribution in [0.3, 0.4) is 0 Å². The fraction of sp³-hybridized carbons (Fsp3) is 0. The van der Waals surface area contributed by atoms with Gasteiger partial charge < -0.3 is 24.6 Å². The van der Waals surface area contributed by atoms with Crippen molar-refractivity contribution in [2.24, 2.45) is 0 Å². The van der Waals surface area contributed by atoms with Gasteiger partial charge in [0.15, 0.2) is 0 Å². The summed E-state index contributed by atoms with van der Waals surface area (Å²) in [6, 6.07) is 16.7. The van der Waals surface area contributed by atoms with E-state index in [0.717, 1.165) is 0 Å². The first-order valence-electron chi connectivity index (χ1n) is 3.40. The smallest absolute Gasteiger partial charge is 0.0184 e. The van der Waals surface area contributed by atoms with Crippen LogP contribution >= 0.6 is 0 Å². The molecule has 4 nitrogen and oxygen atoms in total. The van der Waals surface area contributed by atoms with Gasteiger partial charge in [0.25, 0.3) is 0 Å². The lowest BCUT2D eigenvalue weighted by molar-refractivity contribution is 1.75. The molecule has 0 saturated carbocycles. The second-order valence-corrected chi connectivity index (χ2v) is 2.35. The molecular formula is C10H20N4. The van der Waals surface area contributed by atoms with Crippen LogP contribution in [0.5, 0.6) is 0 Å². The van der Waals surface area contributed by atoms with Gasteiger partial charge in [0, 0.05) is 0 Å². The highest BCUT2D eigenvalue weighted by Crippen LogP contribution is 2.11. The second kappa shape index (κ2) is 8.15.